The highest BCUT2D eigenvalue weighted by molar-refractivity contribution is 7.18. The van der Waals surface area contributed by atoms with E-state index in [4.69, 9.17) is 10.7 Å². The summed E-state index contributed by atoms with van der Waals surface area (Å²) in [4.78, 5) is 14.1. The lowest BCUT2D eigenvalue weighted by Crippen LogP contribution is -2.57. The molecule has 21 heavy (non-hydrogen) atoms. The summed E-state index contributed by atoms with van der Waals surface area (Å²) in [7, 11) is 0. The molecule has 1 aliphatic rings. The Kier molecular flexibility index (Phi) is 4.10. The summed E-state index contributed by atoms with van der Waals surface area (Å²) in [6, 6.07) is 0.609. The summed E-state index contributed by atoms with van der Waals surface area (Å²) in [5.74, 6) is 1.47. The molecule has 2 aromatic rings. The van der Waals surface area contributed by atoms with Crippen LogP contribution in [0.5, 0.6) is 0 Å². The molecule has 0 aromatic carbocycles. The van der Waals surface area contributed by atoms with Gasteiger partial charge in [-0.2, -0.15) is 0 Å². The first-order valence-electron chi connectivity index (χ1n) is 7.57. The third kappa shape index (κ3) is 2.75. The van der Waals surface area contributed by atoms with E-state index < -0.39 is 0 Å². The normalized spacial score (nSPS) is 15.8. The second-order valence-electron chi connectivity index (χ2n) is 5.77. The first kappa shape index (κ1) is 14.7. The van der Waals surface area contributed by atoms with E-state index in [9.17, 15) is 0 Å². The summed E-state index contributed by atoms with van der Waals surface area (Å²) in [6.07, 6.45) is 1.14. The zero-order chi connectivity index (χ0) is 15.0. The third-order valence-electron chi connectivity index (χ3n) is 4.23. The van der Waals surface area contributed by atoms with Crippen LogP contribution in [0.3, 0.4) is 0 Å². The highest BCUT2D eigenvalue weighted by Gasteiger charge is 2.25. The van der Waals surface area contributed by atoms with Crippen molar-refractivity contribution in [2.24, 2.45) is 0 Å². The van der Waals surface area contributed by atoms with Gasteiger partial charge in [0.2, 0.25) is 0 Å². The van der Waals surface area contributed by atoms with Crippen molar-refractivity contribution < 1.29 is 0 Å². The number of fused-ring (bicyclic) bond motifs is 1. The molecule has 0 saturated carbocycles. The second kappa shape index (κ2) is 5.87. The number of hydrogen-bond donors (Lipinski definition) is 2. The largest absolute Gasteiger partial charge is 0.383 e. The first-order chi connectivity index (χ1) is 10.1. The van der Waals surface area contributed by atoms with E-state index in [1.165, 1.54) is 10.4 Å². The predicted molar refractivity (Wildman–Crippen MR) is 88.7 cm³/mol. The summed E-state index contributed by atoms with van der Waals surface area (Å²) < 4.78 is 0. The Bertz CT molecular complexity index is 647. The molecule has 1 fully saturated rings. The third-order valence-corrected chi connectivity index (χ3v) is 5.34. The van der Waals surface area contributed by atoms with Gasteiger partial charge in [0, 0.05) is 24.0 Å². The van der Waals surface area contributed by atoms with Crippen LogP contribution in [0.25, 0.3) is 10.2 Å². The Morgan fingerprint density at radius 1 is 1.33 bits per heavy atom. The number of hydrogen-bond acceptors (Lipinski definition) is 6. The van der Waals surface area contributed by atoms with Gasteiger partial charge in [0.05, 0.1) is 11.9 Å². The molecule has 5 nitrogen and oxygen atoms in total. The molecule has 0 atom stereocenters. The van der Waals surface area contributed by atoms with Crippen molar-refractivity contribution >= 4 is 27.4 Å². The summed E-state index contributed by atoms with van der Waals surface area (Å²) in [6.45, 7) is 10.4. The predicted octanol–water partition coefficient (Wildman–Crippen LogP) is 2.07. The Morgan fingerprint density at radius 3 is 2.71 bits per heavy atom. The molecule has 0 amide bonds. The van der Waals surface area contributed by atoms with Gasteiger partial charge < -0.3 is 11.1 Å². The monoisotopic (exact) mass is 305 g/mol. The van der Waals surface area contributed by atoms with E-state index >= 15 is 0 Å². The Balaban J connectivity index is 1.89. The van der Waals surface area contributed by atoms with Crippen molar-refractivity contribution in [2.45, 2.75) is 39.8 Å². The molecule has 6 heteroatoms. The Hall–Kier alpha value is -1.24. The number of aromatic nitrogens is 2. The first-order valence-corrected chi connectivity index (χ1v) is 8.38. The van der Waals surface area contributed by atoms with Crippen molar-refractivity contribution in [3.05, 3.63) is 16.3 Å². The maximum atomic E-state index is 6.17. The van der Waals surface area contributed by atoms with Gasteiger partial charge in [0.15, 0.2) is 0 Å². The van der Waals surface area contributed by atoms with Crippen LogP contribution in [0.1, 0.15) is 29.6 Å². The van der Waals surface area contributed by atoms with E-state index in [2.05, 4.69) is 36.0 Å². The number of nitrogens with one attached hydrogen (secondary N) is 1. The number of rotatable bonds is 5. The van der Waals surface area contributed by atoms with Crippen molar-refractivity contribution in [1.29, 1.82) is 0 Å². The number of nitrogens with zero attached hydrogens (tertiary/aromatic N) is 3. The molecule has 0 bridgehead atoms. The van der Waals surface area contributed by atoms with E-state index in [-0.39, 0.29) is 0 Å². The molecule has 2 aromatic heterocycles. The summed E-state index contributed by atoms with van der Waals surface area (Å²) >= 11 is 1.71. The summed E-state index contributed by atoms with van der Waals surface area (Å²) in [5.41, 5.74) is 7.38. The van der Waals surface area contributed by atoms with Crippen LogP contribution < -0.4 is 11.1 Å². The fraction of sp³-hybridized carbons (Fsp3) is 0.600. The van der Waals surface area contributed by atoms with E-state index in [0.717, 1.165) is 48.6 Å². The minimum atomic E-state index is 0.609. The minimum Gasteiger partial charge on any atom is -0.383 e. The van der Waals surface area contributed by atoms with Crippen LogP contribution in [0, 0.1) is 13.8 Å². The molecule has 0 aliphatic carbocycles. The number of aryl methyl sites for hydroxylation is 2. The van der Waals surface area contributed by atoms with Crippen molar-refractivity contribution in [1.82, 2.24) is 20.2 Å². The average Bonchev–Trinajstić information content (AvgIpc) is 2.63. The van der Waals surface area contributed by atoms with Gasteiger partial charge in [-0.3, -0.25) is 4.90 Å². The van der Waals surface area contributed by atoms with Gasteiger partial charge in [0.1, 0.15) is 16.5 Å². The number of nitrogen functional groups attached to an aromatic ring is 1. The SMILES string of the molecule is CCCN(Cc1nc(N)c2c(C)c(C)sc2n1)C1CNC1. The Morgan fingerprint density at radius 2 is 2.10 bits per heavy atom. The lowest BCUT2D eigenvalue weighted by Gasteiger charge is -2.37. The molecule has 3 heterocycles. The van der Waals surface area contributed by atoms with Gasteiger partial charge in [-0.25, -0.2) is 9.97 Å². The van der Waals surface area contributed by atoms with Gasteiger partial charge in [-0.1, -0.05) is 6.92 Å². The van der Waals surface area contributed by atoms with Crippen LogP contribution in [0.15, 0.2) is 0 Å². The van der Waals surface area contributed by atoms with Crippen molar-refractivity contribution in [3.8, 4) is 0 Å². The van der Waals surface area contributed by atoms with Crippen molar-refractivity contribution in [3.63, 3.8) is 0 Å². The smallest absolute Gasteiger partial charge is 0.146 e. The molecule has 3 rings (SSSR count). The molecule has 114 valence electrons. The number of anilines is 1. The average molecular weight is 305 g/mol. The lowest BCUT2D eigenvalue weighted by atomic mass is 10.1. The molecule has 3 N–H and O–H groups in total. The quantitative estimate of drug-likeness (QED) is 0.885. The van der Waals surface area contributed by atoms with Crippen molar-refractivity contribution in [2.75, 3.05) is 25.4 Å². The Labute approximate surface area is 129 Å². The van der Waals surface area contributed by atoms with E-state index in [1.54, 1.807) is 11.3 Å². The highest BCUT2D eigenvalue weighted by Crippen LogP contribution is 2.32. The zero-order valence-electron chi connectivity index (χ0n) is 12.9. The highest BCUT2D eigenvalue weighted by atomic mass is 32.1. The fourth-order valence-electron chi connectivity index (χ4n) is 2.79. The molecule has 1 aliphatic heterocycles. The van der Waals surface area contributed by atoms with Gasteiger partial charge in [0.25, 0.3) is 0 Å². The fourth-order valence-corrected chi connectivity index (χ4v) is 3.84. The minimum absolute atomic E-state index is 0.609. The number of thiophene rings is 1. The number of nitrogens with two attached hydrogens (primary N) is 1. The van der Waals surface area contributed by atoms with Gasteiger partial charge in [-0.05, 0) is 32.4 Å². The van der Waals surface area contributed by atoms with E-state index in [0.29, 0.717) is 11.9 Å². The molecule has 1 saturated heterocycles. The summed E-state index contributed by atoms with van der Waals surface area (Å²) in [5, 5.41) is 4.37. The van der Waals surface area contributed by atoms with E-state index in [1.807, 2.05) is 0 Å². The van der Waals surface area contributed by atoms with Gasteiger partial charge in [-0.15, -0.1) is 11.3 Å². The van der Waals surface area contributed by atoms with Crippen LogP contribution >= 0.6 is 11.3 Å². The molecular formula is C15H23N5S. The standard InChI is InChI=1S/C15H23N5S/c1-4-5-20(11-6-17-7-11)8-12-18-14(16)13-9(2)10(3)21-15(13)19-12/h11,17H,4-8H2,1-3H3,(H2,16,18,19). The topological polar surface area (TPSA) is 67.1 Å². The zero-order valence-corrected chi connectivity index (χ0v) is 13.8. The van der Waals surface area contributed by atoms with Crippen LogP contribution in [-0.4, -0.2) is 40.5 Å². The lowest BCUT2D eigenvalue weighted by molar-refractivity contribution is 0.134. The molecule has 0 radical (unpaired) electrons. The maximum Gasteiger partial charge on any atom is 0.146 e. The molecular weight excluding hydrogens is 282 g/mol. The van der Waals surface area contributed by atoms with Crippen LogP contribution in [0.4, 0.5) is 5.82 Å². The molecule has 0 spiro atoms. The van der Waals surface area contributed by atoms with Crippen LogP contribution in [0.2, 0.25) is 0 Å². The van der Waals surface area contributed by atoms with Gasteiger partial charge >= 0.3 is 0 Å². The van der Waals surface area contributed by atoms with Crippen LogP contribution in [-0.2, 0) is 6.54 Å². The second-order valence-corrected chi connectivity index (χ2v) is 6.97. The molecule has 0 unspecified atom stereocenters. The maximum absolute atomic E-state index is 6.17.